The van der Waals surface area contributed by atoms with Crippen LogP contribution < -0.4 is 0 Å². The predicted octanol–water partition coefficient (Wildman–Crippen LogP) is 4.16. The maximum absolute atomic E-state index is 4.06. The Bertz CT molecular complexity index is 88.6. The van der Waals surface area contributed by atoms with E-state index in [2.05, 4.69) is 41.5 Å². The van der Waals surface area contributed by atoms with Crippen molar-refractivity contribution < 1.29 is 0 Å². The van der Waals surface area contributed by atoms with E-state index in [1.54, 1.807) is 0 Å². The number of rotatable bonds is 5. The summed E-state index contributed by atoms with van der Waals surface area (Å²) in [7, 11) is 0. The quantitative estimate of drug-likeness (QED) is 0.579. The van der Waals surface area contributed by atoms with Crippen molar-refractivity contribution in [3.63, 3.8) is 0 Å². The molecule has 0 aromatic rings. The van der Waals surface area contributed by atoms with Crippen LogP contribution in [0.25, 0.3) is 0 Å². The molecule has 0 N–H and O–H groups in total. The Morgan fingerprint density at radius 3 is 1.58 bits per heavy atom. The molecule has 0 spiro atoms. The Hall–Kier alpha value is 0. The Kier molecular flexibility index (Phi) is 5.61. The van der Waals surface area contributed by atoms with Gasteiger partial charge in [0, 0.05) is 0 Å². The van der Waals surface area contributed by atoms with Crippen molar-refractivity contribution in [2.45, 2.75) is 47.5 Å². The zero-order valence-electron chi connectivity index (χ0n) is 9.43. The molecule has 0 rings (SSSR count). The fraction of sp³-hybridized carbons (Fsp3) is 0.917. The van der Waals surface area contributed by atoms with Gasteiger partial charge in [-0.3, -0.25) is 0 Å². The lowest BCUT2D eigenvalue weighted by Gasteiger charge is -2.20. The van der Waals surface area contributed by atoms with Crippen molar-refractivity contribution in [1.82, 2.24) is 0 Å². The Labute approximate surface area is 78.8 Å². The zero-order valence-corrected chi connectivity index (χ0v) is 9.43. The Morgan fingerprint density at radius 1 is 0.833 bits per heavy atom. The standard InChI is InChI=1S/C12H25/c1-9(2)11(5)7-8-12(6)10(3)4/h9-12H,1,7-8H2,2-6H3. The summed E-state index contributed by atoms with van der Waals surface area (Å²) in [6, 6.07) is 0. The van der Waals surface area contributed by atoms with Gasteiger partial charge < -0.3 is 0 Å². The monoisotopic (exact) mass is 169 g/mol. The second-order valence-corrected chi connectivity index (χ2v) is 4.75. The molecule has 0 aliphatic carbocycles. The highest BCUT2D eigenvalue weighted by Crippen LogP contribution is 2.22. The number of hydrogen-bond donors (Lipinski definition) is 0. The second-order valence-electron chi connectivity index (χ2n) is 4.75. The van der Waals surface area contributed by atoms with Crippen LogP contribution in [0.4, 0.5) is 0 Å². The molecule has 0 nitrogen and oxygen atoms in total. The number of hydrogen-bond acceptors (Lipinski definition) is 0. The first-order chi connectivity index (χ1) is 5.45. The van der Waals surface area contributed by atoms with Crippen LogP contribution in [0.2, 0.25) is 0 Å². The first kappa shape index (κ1) is 12.0. The van der Waals surface area contributed by atoms with Crippen LogP contribution in [0.15, 0.2) is 0 Å². The molecule has 0 amide bonds. The van der Waals surface area contributed by atoms with Crippen LogP contribution in [0, 0.1) is 30.6 Å². The van der Waals surface area contributed by atoms with Crippen molar-refractivity contribution in [2.24, 2.45) is 23.7 Å². The first-order valence-electron chi connectivity index (χ1n) is 5.28. The van der Waals surface area contributed by atoms with Crippen LogP contribution >= 0.6 is 0 Å². The van der Waals surface area contributed by atoms with Crippen LogP contribution in [-0.4, -0.2) is 0 Å². The third kappa shape index (κ3) is 4.79. The van der Waals surface area contributed by atoms with Gasteiger partial charge in [0.15, 0.2) is 0 Å². The summed E-state index contributed by atoms with van der Waals surface area (Å²) in [4.78, 5) is 0. The van der Waals surface area contributed by atoms with Gasteiger partial charge in [0.25, 0.3) is 0 Å². The SMILES string of the molecule is [CH2]C(C)C(C)CCC(C)C(C)C. The summed E-state index contributed by atoms with van der Waals surface area (Å²) in [5, 5.41) is 0. The van der Waals surface area contributed by atoms with Gasteiger partial charge in [-0.1, -0.05) is 54.4 Å². The molecule has 0 fully saturated rings. The summed E-state index contributed by atoms with van der Waals surface area (Å²) in [6.45, 7) is 15.6. The molecular formula is C12H25. The van der Waals surface area contributed by atoms with Gasteiger partial charge in [0.05, 0.1) is 0 Å². The Balaban J connectivity index is 3.54. The lowest BCUT2D eigenvalue weighted by molar-refractivity contribution is 0.324. The fourth-order valence-electron chi connectivity index (χ4n) is 1.14. The topological polar surface area (TPSA) is 0 Å². The summed E-state index contributed by atoms with van der Waals surface area (Å²) in [5.41, 5.74) is 0. The van der Waals surface area contributed by atoms with Crippen molar-refractivity contribution >= 4 is 0 Å². The molecule has 1 radical (unpaired) electrons. The Morgan fingerprint density at radius 2 is 1.25 bits per heavy atom. The minimum absolute atomic E-state index is 0.601. The van der Waals surface area contributed by atoms with Gasteiger partial charge in [-0.25, -0.2) is 0 Å². The van der Waals surface area contributed by atoms with Crippen LogP contribution in [0.1, 0.15) is 47.5 Å². The van der Waals surface area contributed by atoms with E-state index in [-0.39, 0.29) is 0 Å². The summed E-state index contributed by atoms with van der Waals surface area (Å²) < 4.78 is 0. The molecule has 0 bridgehead atoms. The molecule has 0 heterocycles. The van der Waals surface area contributed by atoms with E-state index >= 15 is 0 Å². The minimum Gasteiger partial charge on any atom is -0.0625 e. The molecule has 0 aromatic heterocycles. The third-order valence-corrected chi connectivity index (χ3v) is 3.19. The molecule has 0 saturated carbocycles. The molecule has 73 valence electrons. The van der Waals surface area contributed by atoms with E-state index in [1.807, 2.05) is 0 Å². The van der Waals surface area contributed by atoms with E-state index in [1.165, 1.54) is 12.8 Å². The van der Waals surface area contributed by atoms with Crippen LogP contribution in [0.3, 0.4) is 0 Å². The van der Waals surface area contributed by atoms with E-state index in [0.29, 0.717) is 5.92 Å². The van der Waals surface area contributed by atoms with Crippen molar-refractivity contribution in [1.29, 1.82) is 0 Å². The average molecular weight is 169 g/mol. The zero-order chi connectivity index (χ0) is 9.72. The van der Waals surface area contributed by atoms with Gasteiger partial charge in [0.1, 0.15) is 0 Å². The first-order valence-corrected chi connectivity index (χ1v) is 5.28. The molecule has 0 aromatic carbocycles. The van der Waals surface area contributed by atoms with Crippen molar-refractivity contribution in [3.8, 4) is 0 Å². The minimum atomic E-state index is 0.601. The highest BCUT2D eigenvalue weighted by molar-refractivity contribution is 4.66. The predicted molar refractivity (Wildman–Crippen MR) is 56.9 cm³/mol. The van der Waals surface area contributed by atoms with Crippen molar-refractivity contribution in [3.05, 3.63) is 6.92 Å². The lowest BCUT2D eigenvalue weighted by atomic mass is 9.86. The van der Waals surface area contributed by atoms with Crippen LogP contribution in [0.5, 0.6) is 0 Å². The van der Waals surface area contributed by atoms with E-state index < -0.39 is 0 Å². The maximum atomic E-state index is 4.06. The smallest absolute Gasteiger partial charge is 0.0417 e. The molecule has 0 aliphatic rings. The largest absolute Gasteiger partial charge is 0.0625 e. The van der Waals surface area contributed by atoms with E-state index in [4.69, 9.17) is 0 Å². The molecule has 3 unspecified atom stereocenters. The summed E-state index contributed by atoms with van der Waals surface area (Å²) in [5.74, 6) is 3.08. The molecule has 12 heavy (non-hydrogen) atoms. The lowest BCUT2D eigenvalue weighted by Crippen LogP contribution is -2.09. The average Bonchev–Trinajstić information content (AvgIpc) is 1.98. The van der Waals surface area contributed by atoms with Gasteiger partial charge >= 0.3 is 0 Å². The molecule has 0 aliphatic heterocycles. The molecule has 0 heteroatoms. The second kappa shape index (κ2) is 5.61. The maximum Gasteiger partial charge on any atom is -0.0417 e. The van der Waals surface area contributed by atoms with Gasteiger partial charge in [-0.05, 0) is 23.7 Å². The summed E-state index contributed by atoms with van der Waals surface area (Å²) in [6.07, 6.45) is 2.70. The summed E-state index contributed by atoms with van der Waals surface area (Å²) >= 11 is 0. The highest BCUT2D eigenvalue weighted by atomic mass is 14.2. The normalized spacial score (nSPS) is 17.0. The van der Waals surface area contributed by atoms with E-state index in [9.17, 15) is 0 Å². The van der Waals surface area contributed by atoms with Crippen molar-refractivity contribution in [2.75, 3.05) is 0 Å². The molecule has 0 saturated heterocycles. The fourth-order valence-corrected chi connectivity index (χ4v) is 1.14. The highest BCUT2D eigenvalue weighted by Gasteiger charge is 2.11. The van der Waals surface area contributed by atoms with Gasteiger partial charge in [-0.15, -0.1) is 0 Å². The van der Waals surface area contributed by atoms with Gasteiger partial charge in [-0.2, -0.15) is 0 Å². The van der Waals surface area contributed by atoms with E-state index in [0.717, 1.165) is 17.8 Å². The molecule has 3 atom stereocenters. The van der Waals surface area contributed by atoms with Gasteiger partial charge in [0.2, 0.25) is 0 Å². The molecular weight excluding hydrogens is 144 g/mol. The third-order valence-electron chi connectivity index (χ3n) is 3.19. The van der Waals surface area contributed by atoms with Crippen LogP contribution in [-0.2, 0) is 0 Å².